The predicted octanol–water partition coefficient (Wildman–Crippen LogP) is -1.68. The summed E-state index contributed by atoms with van der Waals surface area (Å²) in [5, 5.41) is 16.5. The van der Waals surface area contributed by atoms with Gasteiger partial charge in [0.25, 0.3) is 0 Å². The summed E-state index contributed by atoms with van der Waals surface area (Å²) in [5.74, 6) is -1.86. The Morgan fingerprint density at radius 1 is 1.32 bits per heavy atom. The van der Waals surface area contributed by atoms with Gasteiger partial charge in [0.1, 0.15) is 6.04 Å². The Morgan fingerprint density at radius 3 is 2.42 bits per heavy atom. The Morgan fingerprint density at radius 2 is 1.95 bits per heavy atom. The molecule has 0 aromatic rings. The van der Waals surface area contributed by atoms with Crippen LogP contribution in [0.5, 0.6) is 0 Å². The zero-order chi connectivity index (χ0) is 14.8. The third-order valence-electron chi connectivity index (χ3n) is 2.30. The molecule has 0 aliphatic carbocycles. The van der Waals surface area contributed by atoms with Crippen LogP contribution in [-0.4, -0.2) is 61.8 Å². The number of carboxylic acid groups (broad SMARTS) is 1. The Kier molecular flexibility index (Phi) is 8.47. The summed E-state index contributed by atoms with van der Waals surface area (Å²) in [5.41, 5.74) is 0. The lowest BCUT2D eigenvalue weighted by atomic mass is 10.2. The Labute approximate surface area is 111 Å². The average Bonchev–Trinajstić information content (AvgIpc) is 2.33. The highest BCUT2D eigenvalue weighted by Gasteiger charge is 2.20. The Bertz CT molecular complexity index is 321. The van der Waals surface area contributed by atoms with Crippen LogP contribution >= 0.6 is 0 Å². The number of methoxy groups -OCH3 is 1. The van der Waals surface area contributed by atoms with Crippen LogP contribution in [0.2, 0.25) is 0 Å². The SMILES string of the molecule is COCCNC(=O)C(C)NCC(NC(C)=O)C(=O)O. The van der Waals surface area contributed by atoms with E-state index in [1.54, 1.807) is 6.92 Å². The Balaban J connectivity index is 4.09. The van der Waals surface area contributed by atoms with Crippen molar-refractivity contribution < 1.29 is 24.2 Å². The second kappa shape index (κ2) is 9.29. The minimum Gasteiger partial charge on any atom is -0.480 e. The van der Waals surface area contributed by atoms with E-state index in [1.807, 2.05) is 0 Å². The molecule has 4 N–H and O–H groups in total. The molecule has 0 saturated carbocycles. The van der Waals surface area contributed by atoms with Gasteiger partial charge < -0.3 is 25.8 Å². The number of carbonyl (C=O) groups is 3. The van der Waals surface area contributed by atoms with Crippen molar-refractivity contribution in [3.63, 3.8) is 0 Å². The van der Waals surface area contributed by atoms with Gasteiger partial charge >= 0.3 is 5.97 Å². The molecule has 110 valence electrons. The molecule has 0 aromatic heterocycles. The molecule has 2 atom stereocenters. The summed E-state index contributed by atoms with van der Waals surface area (Å²) >= 11 is 0. The topological polar surface area (TPSA) is 117 Å². The van der Waals surface area contributed by atoms with Gasteiger partial charge in [0, 0.05) is 27.1 Å². The summed E-state index contributed by atoms with van der Waals surface area (Å²) in [7, 11) is 1.53. The van der Waals surface area contributed by atoms with Crippen LogP contribution in [-0.2, 0) is 19.1 Å². The van der Waals surface area contributed by atoms with E-state index < -0.39 is 24.0 Å². The minimum absolute atomic E-state index is 0.0340. The summed E-state index contributed by atoms with van der Waals surface area (Å²) in [6, 6.07) is -1.63. The molecule has 8 nitrogen and oxygen atoms in total. The number of rotatable bonds is 9. The maximum absolute atomic E-state index is 11.6. The fourth-order valence-corrected chi connectivity index (χ4v) is 1.26. The van der Waals surface area contributed by atoms with E-state index in [-0.39, 0.29) is 12.5 Å². The molecule has 0 bridgehead atoms. The van der Waals surface area contributed by atoms with E-state index >= 15 is 0 Å². The first-order chi connectivity index (χ1) is 8.88. The number of aliphatic carboxylic acids is 1. The van der Waals surface area contributed by atoms with Gasteiger partial charge in [0.2, 0.25) is 11.8 Å². The van der Waals surface area contributed by atoms with Gasteiger partial charge in [0.05, 0.1) is 12.6 Å². The van der Waals surface area contributed by atoms with Crippen LogP contribution in [0.3, 0.4) is 0 Å². The van der Waals surface area contributed by atoms with Crippen LogP contribution in [0.1, 0.15) is 13.8 Å². The standard InChI is InChI=1S/C11H21N3O5/c1-7(10(16)12-4-5-19-3)13-6-9(11(17)18)14-8(2)15/h7,9,13H,4-6H2,1-3H3,(H,12,16)(H,14,15)(H,17,18). The molecular weight excluding hydrogens is 254 g/mol. The second-order valence-electron chi connectivity index (χ2n) is 4.01. The van der Waals surface area contributed by atoms with E-state index in [0.717, 1.165) is 0 Å². The van der Waals surface area contributed by atoms with Crippen molar-refractivity contribution in [1.82, 2.24) is 16.0 Å². The minimum atomic E-state index is -1.16. The van der Waals surface area contributed by atoms with Crippen LogP contribution in [0.4, 0.5) is 0 Å². The van der Waals surface area contributed by atoms with Gasteiger partial charge in [-0.15, -0.1) is 0 Å². The van der Waals surface area contributed by atoms with Gasteiger partial charge in [-0.05, 0) is 6.92 Å². The highest BCUT2D eigenvalue weighted by atomic mass is 16.5. The first-order valence-electron chi connectivity index (χ1n) is 5.88. The smallest absolute Gasteiger partial charge is 0.327 e. The van der Waals surface area contributed by atoms with Gasteiger partial charge in [-0.25, -0.2) is 4.79 Å². The average molecular weight is 275 g/mol. The van der Waals surface area contributed by atoms with Crippen molar-refractivity contribution in [2.24, 2.45) is 0 Å². The zero-order valence-electron chi connectivity index (χ0n) is 11.4. The number of carbonyl (C=O) groups excluding carboxylic acids is 2. The number of nitrogens with one attached hydrogen (secondary N) is 3. The molecule has 0 heterocycles. The van der Waals surface area contributed by atoms with Gasteiger partial charge in [0.15, 0.2) is 0 Å². The normalized spacial score (nSPS) is 13.4. The fraction of sp³-hybridized carbons (Fsp3) is 0.727. The molecule has 0 aliphatic heterocycles. The van der Waals surface area contributed by atoms with Crippen molar-refractivity contribution in [3.05, 3.63) is 0 Å². The molecule has 19 heavy (non-hydrogen) atoms. The van der Waals surface area contributed by atoms with Crippen LogP contribution in [0, 0.1) is 0 Å². The largest absolute Gasteiger partial charge is 0.480 e. The zero-order valence-corrected chi connectivity index (χ0v) is 11.4. The lowest BCUT2D eigenvalue weighted by molar-refractivity contribution is -0.141. The molecule has 8 heteroatoms. The maximum Gasteiger partial charge on any atom is 0.327 e. The van der Waals surface area contributed by atoms with Crippen molar-refractivity contribution in [2.45, 2.75) is 25.9 Å². The fourth-order valence-electron chi connectivity index (χ4n) is 1.26. The van der Waals surface area contributed by atoms with Crippen LogP contribution in [0.15, 0.2) is 0 Å². The number of hydrogen-bond acceptors (Lipinski definition) is 5. The molecule has 0 aliphatic rings. The highest BCUT2D eigenvalue weighted by Crippen LogP contribution is 1.87. The third-order valence-corrected chi connectivity index (χ3v) is 2.30. The Hall–Kier alpha value is -1.67. The van der Waals surface area contributed by atoms with Crippen molar-refractivity contribution in [2.75, 3.05) is 26.8 Å². The van der Waals surface area contributed by atoms with Crippen LogP contribution < -0.4 is 16.0 Å². The number of ether oxygens (including phenoxy) is 1. The summed E-state index contributed by atoms with van der Waals surface area (Å²) in [6.45, 7) is 3.59. The van der Waals surface area contributed by atoms with Crippen molar-refractivity contribution in [3.8, 4) is 0 Å². The van der Waals surface area contributed by atoms with Crippen molar-refractivity contribution in [1.29, 1.82) is 0 Å². The van der Waals surface area contributed by atoms with Crippen molar-refractivity contribution >= 4 is 17.8 Å². The highest BCUT2D eigenvalue weighted by molar-refractivity contribution is 5.83. The quantitative estimate of drug-likeness (QED) is 0.373. The van der Waals surface area contributed by atoms with E-state index in [9.17, 15) is 14.4 Å². The lowest BCUT2D eigenvalue weighted by Gasteiger charge is -2.18. The molecule has 0 fully saturated rings. The molecule has 0 aromatic carbocycles. The molecule has 0 saturated heterocycles. The molecule has 0 rings (SSSR count). The molecule has 2 amide bonds. The summed E-state index contributed by atoms with van der Waals surface area (Å²) < 4.78 is 4.79. The number of carboxylic acids is 1. The molecular formula is C11H21N3O5. The summed E-state index contributed by atoms with van der Waals surface area (Å²) in [6.07, 6.45) is 0. The third kappa shape index (κ3) is 8.11. The van der Waals surface area contributed by atoms with E-state index in [0.29, 0.717) is 13.2 Å². The molecule has 2 unspecified atom stereocenters. The van der Waals surface area contributed by atoms with Gasteiger partial charge in [-0.3, -0.25) is 9.59 Å². The monoisotopic (exact) mass is 275 g/mol. The molecule has 0 spiro atoms. The first-order valence-corrected chi connectivity index (χ1v) is 5.88. The number of hydrogen-bond donors (Lipinski definition) is 4. The van der Waals surface area contributed by atoms with E-state index in [4.69, 9.17) is 9.84 Å². The second-order valence-corrected chi connectivity index (χ2v) is 4.01. The van der Waals surface area contributed by atoms with E-state index in [2.05, 4.69) is 16.0 Å². The van der Waals surface area contributed by atoms with Crippen LogP contribution in [0.25, 0.3) is 0 Å². The lowest BCUT2D eigenvalue weighted by Crippen LogP contribution is -2.51. The van der Waals surface area contributed by atoms with Gasteiger partial charge in [-0.1, -0.05) is 0 Å². The first kappa shape index (κ1) is 17.3. The predicted molar refractivity (Wildman–Crippen MR) is 67.6 cm³/mol. The van der Waals surface area contributed by atoms with Gasteiger partial charge in [-0.2, -0.15) is 0 Å². The molecule has 0 radical (unpaired) electrons. The summed E-state index contributed by atoms with van der Waals surface area (Å²) in [4.78, 5) is 33.2. The van der Waals surface area contributed by atoms with E-state index in [1.165, 1.54) is 14.0 Å². The maximum atomic E-state index is 11.6. The number of amides is 2.